The second-order valence-electron chi connectivity index (χ2n) is 6.98. The van der Waals surface area contributed by atoms with E-state index in [1.807, 2.05) is 42.5 Å². The predicted octanol–water partition coefficient (Wildman–Crippen LogP) is 4.15. The minimum atomic E-state index is -0.226. The van der Waals surface area contributed by atoms with E-state index in [1.165, 1.54) is 0 Å². The Morgan fingerprint density at radius 1 is 1.19 bits per heavy atom. The molecule has 4 heteroatoms. The molecule has 1 aliphatic carbocycles. The molecule has 4 rings (SSSR count). The fourth-order valence-electron chi connectivity index (χ4n) is 3.91. The molecule has 0 N–H and O–H groups in total. The molecule has 26 heavy (non-hydrogen) atoms. The van der Waals surface area contributed by atoms with Crippen LogP contribution in [-0.2, 0) is 19.4 Å². The molecule has 0 unspecified atom stereocenters. The van der Waals surface area contributed by atoms with Gasteiger partial charge < -0.3 is 4.42 Å². The lowest BCUT2D eigenvalue weighted by Gasteiger charge is -2.27. The lowest BCUT2D eigenvalue weighted by molar-refractivity contribution is 0.479. The summed E-state index contributed by atoms with van der Waals surface area (Å²) in [5.41, 5.74) is 4.07. The molecule has 3 aromatic rings. The first kappa shape index (κ1) is 16.4. The number of aromatic nitrogens is 1. The van der Waals surface area contributed by atoms with Gasteiger partial charge in [0.2, 0.25) is 0 Å². The van der Waals surface area contributed by atoms with Crippen molar-refractivity contribution in [2.75, 3.05) is 0 Å². The summed E-state index contributed by atoms with van der Waals surface area (Å²) in [6.45, 7) is 2.55. The Hall–Kier alpha value is -3.06. The zero-order chi connectivity index (χ0) is 18.1. The van der Waals surface area contributed by atoms with Crippen molar-refractivity contribution in [2.45, 2.75) is 32.7 Å². The summed E-state index contributed by atoms with van der Waals surface area (Å²) in [4.78, 5) is 13.2. The highest BCUT2D eigenvalue weighted by atomic mass is 16.3. The number of hydrogen-bond donors (Lipinski definition) is 0. The van der Waals surface area contributed by atoms with Crippen LogP contribution >= 0.6 is 0 Å². The van der Waals surface area contributed by atoms with Crippen LogP contribution in [0.1, 0.15) is 35.8 Å². The zero-order valence-corrected chi connectivity index (χ0v) is 14.7. The van der Waals surface area contributed by atoms with E-state index >= 15 is 0 Å². The van der Waals surface area contributed by atoms with Gasteiger partial charge in [-0.3, -0.25) is 9.36 Å². The average molecular weight is 344 g/mol. The van der Waals surface area contributed by atoms with Crippen molar-refractivity contribution in [2.24, 2.45) is 5.92 Å². The van der Waals surface area contributed by atoms with Crippen molar-refractivity contribution in [3.63, 3.8) is 0 Å². The molecule has 0 bridgehead atoms. The van der Waals surface area contributed by atoms with Crippen LogP contribution < -0.4 is 5.56 Å². The quantitative estimate of drug-likeness (QED) is 0.717. The molecule has 130 valence electrons. The monoisotopic (exact) mass is 344 g/mol. The minimum Gasteiger partial charge on any atom is -0.467 e. The highest BCUT2D eigenvalue weighted by molar-refractivity contribution is 5.67. The van der Waals surface area contributed by atoms with Crippen LogP contribution in [0.15, 0.2) is 57.9 Å². The van der Waals surface area contributed by atoms with Crippen molar-refractivity contribution in [1.82, 2.24) is 4.57 Å². The lowest BCUT2D eigenvalue weighted by Crippen LogP contribution is -2.30. The summed E-state index contributed by atoms with van der Waals surface area (Å²) in [5.74, 6) is 1.24. The SMILES string of the molecule is C[C@@H]1CCc2c(c(-c3ccccc3)n(Cc3ccco3)c(=O)c2C#N)C1. The molecular weight excluding hydrogens is 324 g/mol. The van der Waals surface area contributed by atoms with E-state index in [4.69, 9.17) is 4.42 Å². The van der Waals surface area contributed by atoms with Crippen molar-refractivity contribution in [3.05, 3.63) is 81.5 Å². The highest BCUT2D eigenvalue weighted by Gasteiger charge is 2.27. The maximum absolute atomic E-state index is 13.2. The summed E-state index contributed by atoms with van der Waals surface area (Å²) in [6, 6.07) is 15.8. The van der Waals surface area contributed by atoms with Gasteiger partial charge in [-0.1, -0.05) is 37.3 Å². The second kappa shape index (κ2) is 6.68. The fourth-order valence-corrected chi connectivity index (χ4v) is 3.91. The molecule has 0 radical (unpaired) electrons. The largest absolute Gasteiger partial charge is 0.467 e. The Morgan fingerprint density at radius 2 is 2.00 bits per heavy atom. The van der Waals surface area contributed by atoms with Crippen LogP contribution in [0.4, 0.5) is 0 Å². The number of benzene rings is 1. The summed E-state index contributed by atoms with van der Waals surface area (Å²) in [5, 5.41) is 9.67. The van der Waals surface area contributed by atoms with Crippen molar-refractivity contribution < 1.29 is 4.42 Å². The van der Waals surface area contributed by atoms with E-state index in [1.54, 1.807) is 10.8 Å². The van der Waals surface area contributed by atoms with Crippen LogP contribution in [0, 0.1) is 17.2 Å². The van der Waals surface area contributed by atoms with Gasteiger partial charge in [0.15, 0.2) is 0 Å². The predicted molar refractivity (Wildman–Crippen MR) is 99.9 cm³/mol. The van der Waals surface area contributed by atoms with Crippen LogP contribution in [0.25, 0.3) is 11.3 Å². The van der Waals surface area contributed by atoms with Crippen molar-refractivity contribution >= 4 is 0 Å². The number of hydrogen-bond acceptors (Lipinski definition) is 3. The third-order valence-corrected chi connectivity index (χ3v) is 5.17. The van der Waals surface area contributed by atoms with E-state index in [-0.39, 0.29) is 11.1 Å². The summed E-state index contributed by atoms with van der Waals surface area (Å²) in [7, 11) is 0. The Morgan fingerprint density at radius 3 is 2.69 bits per heavy atom. The number of rotatable bonds is 3. The third kappa shape index (κ3) is 2.76. The van der Waals surface area contributed by atoms with Gasteiger partial charge in [-0.25, -0.2) is 0 Å². The van der Waals surface area contributed by atoms with E-state index in [0.29, 0.717) is 18.2 Å². The van der Waals surface area contributed by atoms with Gasteiger partial charge in [0.05, 0.1) is 18.5 Å². The summed E-state index contributed by atoms with van der Waals surface area (Å²) in [6.07, 6.45) is 4.29. The number of nitrogens with zero attached hydrogens (tertiary/aromatic N) is 2. The molecule has 0 spiro atoms. The first-order valence-electron chi connectivity index (χ1n) is 8.95. The second-order valence-corrected chi connectivity index (χ2v) is 6.98. The third-order valence-electron chi connectivity index (χ3n) is 5.17. The summed E-state index contributed by atoms with van der Waals surface area (Å²) >= 11 is 0. The first-order valence-corrected chi connectivity index (χ1v) is 8.95. The zero-order valence-electron chi connectivity index (χ0n) is 14.7. The molecule has 1 aromatic carbocycles. The van der Waals surface area contributed by atoms with Crippen molar-refractivity contribution in [1.29, 1.82) is 5.26 Å². The van der Waals surface area contributed by atoms with Gasteiger partial charge in [0.1, 0.15) is 17.4 Å². The lowest BCUT2D eigenvalue weighted by atomic mass is 9.81. The van der Waals surface area contributed by atoms with Gasteiger partial charge in [0.25, 0.3) is 5.56 Å². The Balaban J connectivity index is 2.04. The molecule has 0 aliphatic heterocycles. The number of fused-ring (bicyclic) bond motifs is 1. The molecule has 0 amide bonds. The van der Waals surface area contributed by atoms with Crippen LogP contribution in [0.3, 0.4) is 0 Å². The molecule has 0 saturated heterocycles. The van der Waals surface area contributed by atoms with Gasteiger partial charge in [-0.2, -0.15) is 5.26 Å². The van der Waals surface area contributed by atoms with Gasteiger partial charge in [0, 0.05) is 0 Å². The van der Waals surface area contributed by atoms with Crippen molar-refractivity contribution in [3.8, 4) is 17.3 Å². The van der Waals surface area contributed by atoms with E-state index in [2.05, 4.69) is 13.0 Å². The smallest absolute Gasteiger partial charge is 0.269 e. The maximum atomic E-state index is 13.2. The Labute approximate surface area is 152 Å². The molecule has 1 aliphatic rings. The molecule has 4 nitrogen and oxygen atoms in total. The molecule has 2 aromatic heterocycles. The maximum Gasteiger partial charge on any atom is 0.269 e. The van der Waals surface area contributed by atoms with Gasteiger partial charge >= 0.3 is 0 Å². The average Bonchev–Trinajstić information content (AvgIpc) is 3.17. The normalized spacial score (nSPS) is 16.1. The standard InChI is InChI=1S/C22H20N2O2/c1-15-9-10-18-19(12-15)21(16-6-3-2-4-7-16)24(22(25)20(18)13-23)14-17-8-5-11-26-17/h2-8,11,15H,9-10,12,14H2,1H3/t15-/m1/s1. The number of nitriles is 1. The number of furan rings is 1. The van der Waals surface area contributed by atoms with E-state index in [9.17, 15) is 10.1 Å². The highest BCUT2D eigenvalue weighted by Crippen LogP contribution is 2.34. The summed E-state index contributed by atoms with van der Waals surface area (Å²) < 4.78 is 7.19. The van der Waals surface area contributed by atoms with Gasteiger partial charge in [-0.15, -0.1) is 0 Å². The van der Waals surface area contributed by atoms with E-state index in [0.717, 1.165) is 41.6 Å². The van der Waals surface area contributed by atoms with Gasteiger partial charge in [-0.05, 0) is 54.0 Å². The molecule has 0 fully saturated rings. The number of pyridine rings is 1. The minimum absolute atomic E-state index is 0.226. The van der Waals surface area contributed by atoms with Crippen LogP contribution in [0.2, 0.25) is 0 Å². The molecule has 1 atom stereocenters. The Kier molecular flexibility index (Phi) is 4.22. The fraction of sp³-hybridized carbons (Fsp3) is 0.273. The molecule has 2 heterocycles. The molecular formula is C22H20N2O2. The first-order chi connectivity index (χ1) is 12.7. The Bertz CT molecular complexity index is 1020. The van der Waals surface area contributed by atoms with Crippen LogP contribution in [-0.4, -0.2) is 4.57 Å². The van der Waals surface area contributed by atoms with E-state index < -0.39 is 0 Å². The topological polar surface area (TPSA) is 58.9 Å². The van der Waals surface area contributed by atoms with Crippen LogP contribution in [0.5, 0.6) is 0 Å². The molecule has 0 saturated carbocycles.